The van der Waals surface area contributed by atoms with Gasteiger partial charge < -0.3 is 25.0 Å². The Morgan fingerprint density at radius 1 is 1.11 bits per heavy atom. The molecule has 1 heterocycles. The fraction of sp³-hybridized carbons (Fsp3) is 0.393. The van der Waals surface area contributed by atoms with Gasteiger partial charge in [0.15, 0.2) is 0 Å². The molecule has 1 aliphatic heterocycles. The summed E-state index contributed by atoms with van der Waals surface area (Å²) < 4.78 is 10.8. The van der Waals surface area contributed by atoms with Gasteiger partial charge in [0.05, 0.1) is 31.9 Å². The highest BCUT2D eigenvalue weighted by molar-refractivity contribution is 6.01. The van der Waals surface area contributed by atoms with Crippen molar-refractivity contribution in [3.05, 3.63) is 60.2 Å². The fourth-order valence-corrected chi connectivity index (χ4v) is 4.95. The molecule has 1 aliphatic carbocycles. The third kappa shape index (κ3) is 5.87. The molecule has 2 aromatic rings. The summed E-state index contributed by atoms with van der Waals surface area (Å²) >= 11 is 0. The summed E-state index contributed by atoms with van der Waals surface area (Å²) in [6.45, 7) is 2.33. The van der Waals surface area contributed by atoms with E-state index in [2.05, 4.69) is 10.6 Å². The maximum absolute atomic E-state index is 13.5. The van der Waals surface area contributed by atoms with Crippen molar-refractivity contribution >= 4 is 29.5 Å². The fourth-order valence-electron chi connectivity index (χ4n) is 4.95. The number of carbonyl (C=O) groups excluding carboxylic acids is 3. The minimum atomic E-state index is -0.892. The molecule has 1 saturated heterocycles. The van der Waals surface area contributed by atoms with E-state index < -0.39 is 6.04 Å². The van der Waals surface area contributed by atoms with Gasteiger partial charge in [-0.2, -0.15) is 0 Å². The number of nitrogens with one attached hydrogen (secondary N) is 2. The van der Waals surface area contributed by atoms with Crippen molar-refractivity contribution in [2.45, 2.75) is 57.2 Å². The van der Waals surface area contributed by atoms with Gasteiger partial charge in [-0.1, -0.05) is 37.1 Å². The number of anilines is 1. The van der Waals surface area contributed by atoms with Crippen LogP contribution < -0.4 is 20.1 Å². The minimum absolute atomic E-state index is 0.0948. The molecule has 0 unspecified atom stereocenters. The van der Waals surface area contributed by atoms with Gasteiger partial charge >= 0.3 is 0 Å². The summed E-state index contributed by atoms with van der Waals surface area (Å²) in [7, 11) is 1.60. The first-order valence-corrected chi connectivity index (χ1v) is 12.5. The minimum Gasteiger partial charge on any atom is -0.497 e. The number of piperazine rings is 1. The molecule has 3 amide bonds. The second-order valence-electron chi connectivity index (χ2n) is 9.02. The molecule has 2 fully saturated rings. The van der Waals surface area contributed by atoms with Gasteiger partial charge in [0.25, 0.3) is 0 Å². The van der Waals surface area contributed by atoms with E-state index in [1.807, 2.05) is 37.3 Å². The number of benzene rings is 2. The van der Waals surface area contributed by atoms with Crippen LogP contribution in [0, 0.1) is 0 Å². The first-order chi connectivity index (χ1) is 17.5. The van der Waals surface area contributed by atoms with E-state index in [-0.39, 0.29) is 36.2 Å². The van der Waals surface area contributed by atoms with Gasteiger partial charge in [0.2, 0.25) is 17.7 Å². The molecule has 0 aromatic heterocycles. The van der Waals surface area contributed by atoms with Gasteiger partial charge in [-0.15, -0.1) is 0 Å². The number of ether oxygens (including phenoxy) is 2. The van der Waals surface area contributed by atoms with E-state index in [1.165, 1.54) is 6.08 Å². The third-order valence-electron chi connectivity index (χ3n) is 6.68. The summed E-state index contributed by atoms with van der Waals surface area (Å²) in [5.41, 5.74) is 1.38. The maximum Gasteiger partial charge on any atom is 0.247 e. The SMILES string of the molecule is CCOc1ccccc1NC(=O)C[C@@H]1C(=O)N[C@@H]2CCCC[C@H]2N1C(=O)/C=C/c1ccc(OC)cc1. The average molecular weight is 492 g/mol. The Kier molecular flexibility index (Phi) is 8.25. The second-order valence-corrected chi connectivity index (χ2v) is 9.02. The smallest absolute Gasteiger partial charge is 0.247 e. The standard InChI is InChI=1S/C28H33N3O5/c1-3-36-25-11-7-5-9-22(25)29-26(32)18-24-28(34)30-21-8-4-6-10-23(21)31(24)27(33)17-14-19-12-15-20(35-2)16-13-19/h5,7,9,11-17,21,23-24H,3-4,6,8,10,18H2,1-2H3,(H,29,32)(H,30,34)/b17-14+/t21-,23-,24-/m1/s1. The number of para-hydroxylation sites is 2. The molecule has 1 saturated carbocycles. The van der Waals surface area contributed by atoms with E-state index in [0.29, 0.717) is 18.0 Å². The lowest BCUT2D eigenvalue weighted by Gasteiger charge is -2.47. The van der Waals surface area contributed by atoms with Crippen LogP contribution in [0.3, 0.4) is 0 Å². The summed E-state index contributed by atoms with van der Waals surface area (Å²) in [5, 5.41) is 5.92. The molecule has 2 aromatic carbocycles. The summed E-state index contributed by atoms with van der Waals surface area (Å²) in [6, 6.07) is 13.4. The highest BCUT2D eigenvalue weighted by atomic mass is 16.5. The van der Waals surface area contributed by atoms with Crippen LogP contribution in [0.5, 0.6) is 11.5 Å². The van der Waals surface area contributed by atoms with Crippen molar-refractivity contribution < 1.29 is 23.9 Å². The second kappa shape index (κ2) is 11.7. The molecule has 0 radical (unpaired) electrons. The van der Waals surface area contributed by atoms with Crippen molar-refractivity contribution in [1.82, 2.24) is 10.2 Å². The van der Waals surface area contributed by atoms with Crippen LogP contribution in [0.15, 0.2) is 54.6 Å². The molecule has 2 N–H and O–H groups in total. The van der Waals surface area contributed by atoms with Crippen LogP contribution in [0.4, 0.5) is 5.69 Å². The molecule has 0 spiro atoms. The number of amides is 3. The van der Waals surface area contributed by atoms with Gasteiger partial charge in [-0.25, -0.2) is 0 Å². The molecular formula is C28H33N3O5. The average Bonchev–Trinajstić information content (AvgIpc) is 2.89. The van der Waals surface area contributed by atoms with E-state index in [0.717, 1.165) is 37.0 Å². The topological polar surface area (TPSA) is 97.0 Å². The van der Waals surface area contributed by atoms with Crippen molar-refractivity contribution in [1.29, 1.82) is 0 Å². The van der Waals surface area contributed by atoms with Crippen LogP contribution in [0.1, 0.15) is 44.6 Å². The molecule has 2 aliphatic rings. The number of hydrogen-bond donors (Lipinski definition) is 2. The summed E-state index contributed by atoms with van der Waals surface area (Å²) in [4.78, 5) is 41.2. The quantitative estimate of drug-likeness (QED) is 0.548. The first kappa shape index (κ1) is 25.3. The number of carbonyl (C=O) groups is 3. The normalized spacial score (nSPS) is 21.4. The third-order valence-corrected chi connectivity index (χ3v) is 6.68. The lowest BCUT2D eigenvalue weighted by molar-refractivity contribution is -0.148. The van der Waals surface area contributed by atoms with Gasteiger partial charge in [-0.05, 0) is 55.7 Å². The first-order valence-electron chi connectivity index (χ1n) is 12.5. The van der Waals surface area contributed by atoms with Crippen LogP contribution in [-0.2, 0) is 14.4 Å². The van der Waals surface area contributed by atoms with E-state index in [9.17, 15) is 14.4 Å². The number of hydrogen-bond acceptors (Lipinski definition) is 5. The number of rotatable bonds is 8. The molecular weight excluding hydrogens is 458 g/mol. The Morgan fingerprint density at radius 3 is 2.61 bits per heavy atom. The Bertz CT molecular complexity index is 1110. The van der Waals surface area contributed by atoms with E-state index in [1.54, 1.807) is 36.3 Å². The van der Waals surface area contributed by atoms with Crippen LogP contribution in [-0.4, -0.2) is 54.5 Å². The Morgan fingerprint density at radius 2 is 1.86 bits per heavy atom. The lowest BCUT2D eigenvalue weighted by atomic mass is 9.85. The summed E-state index contributed by atoms with van der Waals surface area (Å²) in [5.74, 6) is 0.369. The monoisotopic (exact) mass is 491 g/mol. The van der Waals surface area contributed by atoms with Gasteiger partial charge in [0, 0.05) is 12.1 Å². The summed E-state index contributed by atoms with van der Waals surface area (Å²) in [6.07, 6.45) is 6.66. The molecule has 3 atom stereocenters. The molecule has 8 heteroatoms. The predicted octanol–water partition coefficient (Wildman–Crippen LogP) is 3.77. The number of fused-ring (bicyclic) bond motifs is 1. The van der Waals surface area contributed by atoms with Crippen molar-refractivity contribution in [2.75, 3.05) is 19.0 Å². The van der Waals surface area contributed by atoms with Crippen LogP contribution in [0.25, 0.3) is 6.08 Å². The van der Waals surface area contributed by atoms with Crippen molar-refractivity contribution in [3.8, 4) is 11.5 Å². The van der Waals surface area contributed by atoms with Gasteiger partial charge in [-0.3, -0.25) is 14.4 Å². The molecule has 4 rings (SSSR count). The molecule has 0 bridgehead atoms. The molecule has 36 heavy (non-hydrogen) atoms. The molecule has 8 nitrogen and oxygen atoms in total. The number of nitrogens with zero attached hydrogens (tertiary/aromatic N) is 1. The predicted molar refractivity (Wildman–Crippen MR) is 138 cm³/mol. The lowest BCUT2D eigenvalue weighted by Crippen LogP contribution is -2.67. The Labute approximate surface area is 211 Å². The largest absolute Gasteiger partial charge is 0.497 e. The zero-order chi connectivity index (χ0) is 25.5. The van der Waals surface area contributed by atoms with E-state index >= 15 is 0 Å². The van der Waals surface area contributed by atoms with Crippen LogP contribution in [0.2, 0.25) is 0 Å². The van der Waals surface area contributed by atoms with Gasteiger partial charge in [0.1, 0.15) is 17.5 Å². The van der Waals surface area contributed by atoms with Crippen LogP contribution >= 0.6 is 0 Å². The zero-order valence-corrected chi connectivity index (χ0v) is 20.7. The van der Waals surface area contributed by atoms with Crippen molar-refractivity contribution in [3.63, 3.8) is 0 Å². The highest BCUT2D eigenvalue weighted by Crippen LogP contribution is 2.31. The zero-order valence-electron chi connectivity index (χ0n) is 20.7. The number of methoxy groups -OCH3 is 1. The highest BCUT2D eigenvalue weighted by Gasteiger charge is 2.45. The van der Waals surface area contributed by atoms with E-state index in [4.69, 9.17) is 9.47 Å². The van der Waals surface area contributed by atoms with Crippen molar-refractivity contribution in [2.24, 2.45) is 0 Å². The molecule has 190 valence electrons. The Balaban J connectivity index is 1.54. The maximum atomic E-state index is 13.5. The Hall–Kier alpha value is -3.81.